The third kappa shape index (κ3) is 2.82. The Balaban J connectivity index is 1.48. The van der Waals surface area contributed by atoms with E-state index in [1.165, 1.54) is 6.33 Å². The molecule has 1 fully saturated rings. The Morgan fingerprint density at radius 3 is 2.93 bits per heavy atom. The second-order valence-corrected chi connectivity index (χ2v) is 6.80. The highest BCUT2D eigenvalue weighted by Gasteiger charge is 2.34. The lowest BCUT2D eigenvalue weighted by Crippen LogP contribution is -2.44. The molecule has 3 aromatic rings. The Kier molecular flexibility index (Phi) is 3.97. The molecule has 1 amide bonds. The van der Waals surface area contributed by atoms with Gasteiger partial charge in [-0.1, -0.05) is 18.2 Å². The van der Waals surface area contributed by atoms with Crippen LogP contribution in [0, 0.1) is 0 Å². The number of nitrogens with zero attached hydrogens (tertiary/aromatic N) is 6. The first-order valence-electron chi connectivity index (χ1n) is 9.22. The van der Waals surface area contributed by atoms with Gasteiger partial charge >= 0.3 is 0 Å². The van der Waals surface area contributed by atoms with Crippen LogP contribution in [-0.4, -0.2) is 55.1 Å². The van der Waals surface area contributed by atoms with Gasteiger partial charge in [-0.2, -0.15) is 10.2 Å². The number of amides is 1. The average Bonchev–Trinajstić information content (AvgIpc) is 3.44. The van der Waals surface area contributed by atoms with Crippen molar-refractivity contribution in [3.8, 4) is 5.69 Å². The molecule has 138 valence electrons. The number of rotatable bonds is 3. The lowest BCUT2D eigenvalue weighted by atomic mass is 10.1. The van der Waals surface area contributed by atoms with E-state index in [9.17, 15) is 4.79 Å². The number of hydrogen-bond donors (Lipinski definition) is 0. The molecule has 1 saturated heterocycles. The molecule has 1 unspecified atom stereocenters. The first-order valence-corrected chi connectivity index (χ1v) is 9.22. The molecule has 8 nitrogen and oxygen atoms in total. The lowest BCUT2D eigenvalue weighted by Gasteiger charge is -2.34. The van der Waals surface area contributed by atoms with Gasteiger partial charge in [0.1, 0.15) is 12.4 Å². The number of hydrogen-bond acceptors (Lipinski definition) is 5. The molecular weight excluding hydrogens is 344 g/mol. The minimum Gasteiger partial charge on any atom is -0.377 e. The monoisotopic (exact) mass is 364 g/mol. The number of carbonyl (C=O) groups excluding carboxylic acids is 1. The minimum atomic E-state index is -0.300. The van der Waals surface area contributed by atoms with Gasteiger partial charge in [0.05, 0.1) is 18.9 Å². The largest absolute Gasteiger partial charge is 0.377 e. The Bertz CT molecular complexity index is 942. The molecule has 4 heterocycles. The number of para-hydroxylation sites is 1. The van der Waals surface area contributed by atoms with E-state index in [4.69, 9.17) is 4.74 Å². The van der Waals surface area contributed by atoms with E-state index in [2.05, 4.69) is 15.2 Å². The van der Waals surface area contributed by atoms with Crippen molar-refractivity contribution in [1.29, 1.82) is 0 Å². The summed E-state index contributed by atoms with van der Waals surface area (Å²) in [6, 6.07) is 11.4. The maximum absolute atomic E-state index is 13.2. The summed E-state index contributed by atoms with van der Waals surface area (Å²) >= 11 is 0. The molecule has 1 atom stereocenters. The Morgan fingerprint density at radius 2 is 2.07 bits per heavy atom. The van der Waals surface area contributed by atoms with Crippen molar-refractivity contribution in [1.82, 2.24) is 29.4 Å². The van der Waals surface area contributed by atoms with Gasteiger partial charge in [0.15, 0.2) is 11.5 Å². The van der Waals surface area contributed by atoms with Gasteiger partial charge in [-0.15, -0.1) is 0 Å². The van der Waals surface area contributed by atoms with Crippen LogP contribution in [0.5, 0.6) is 0 Å². The zero-order chi connectivity index (χ0) is 18.2. The molecule has 8 heteroatoms. The number of benzene rings is 1. The van der Waals surface area contributed by atoms with Crippen LogP contribution >= 0.6 is 0 Å². The van der Waals surface area contributed by atoms with Crippen LogP contribution in [0.25, 0.3) is 5.69 Å². The lowest BCUT2D eigenvalue weighted by molar-refractivity contribution is -0.00614. The van der Waals surface area contributed by atoms with Crippen LogP contribution in [0.4, 0.5) is 0 Å². The molecule has 0 bridgehead atoms. The molecule has 2 aliphatic heterocycles. The summed E-state index contributed by atoms with van der Waals surface area (Å²) in [5.74, 6) is 0.619. The molecule has 2 aliphatic rings. The molecule has 0 spiro atoms. The smallest absolute Gasteiger partial charge is 0.275 e. The standard InChI is InChI=1S/C19H20N6O2/c26-19(16-11-15-7-4-8-24(15)22-16)23-9-10-27-12-17(23)18-20-13-21-25(18)14-5-2-1-3-6-14/h1-3,5-6,11,13,17H,4,7-10,12H2. The highest BCUT2D eigenvalue weighted by molar-refractivity contribution is 5.92. The van der Waals surface area contributed by atoms with Gasteiger partial charge in [0.2, 0.25) is 0 Å². The molecular formula is C19H20N6O2. The van der Waals surface area contributed by atoms with Gasteiger partial charge in [0.25, 0.3) is 5.91 Å². The SMILES string of the molecule is O=C(c1cc2n(n1)CCC2)N1CCOCC1c1ncnn1-c1ccccc1. The number of aryl methyl sites for hydroxylation is 2. The van der Waals surface area contributed by atoms with Gasteiger partial charge < -0.3 is 9.64 Å². The van der Waals surface area contributed by atoms with E-state index in [-0.39, 0.29) is 11.9 Å². The summed E-state index contributed by atoms with van der Waals surface area (Å²) < 4.78 is 9.38. The van der Waals surface area contributed by atoms with Crippen molar-refractivity contribution in [2.45, 2.75) is 25.4 Å². The Labute approximate surface area is 156 Å². The van der Waals surface area contributed by atoms with Crippen LogP contribution in [0.15, 0.2) is 42.7 Å². The van der Waals surface area contributed by atoms with Gasteiger partial charge in [0, 0.05) is 18.8 Å². The molecule has 0 saturated carbocycles. The van der Waals surface area contributed by atoms with Crippen molar-refractivity contribution in [3.05, 3.63) is 59.9 Å². The van der Waals surface area contributed by atoms with Crippen molar-refractivity contribution in [2.75, 3.05) is 19.8 Å². The zero-order valence-electron chi connectivity index (χ0n) is 14.9. The molecule has 0 N–H and O–H groups in total. The van der Waals surface area contributed by atoms with Gasteiger partial charge in [-0.05, 0) is 31.0 Å². The van der Waals surface area contributed by atoms with Crippen molar-refractivity contribution < 1.29 is 9.53 Å². The normalized spacial score (nSPS) is 19.3. The van der Waals surface area contributed by atoms with E-state index >= 15 is 0 Å². The van der Waals surface area contributed by atoms with E-state index in [1.54, 1.807) is 4.68 Å². The number of morpholine rings is 1. The molecule has 27 heavy (non-hydrogen) atoms. The molecule has 5 rings (SSSR count). The van der Waals surface area contributed by atoms with Crippen molar-refractivity contribution >= 4 is 5.91 Å². The maximum Gasteiger partial charge on any atom is 0.275 e. The second-order valence-electron chi connectivity index (χ2n) is 6.80. The van der Waals surface area contributed by atoms with Crippen LogP contribution < -0.4 is 0 Å². The van der Waals surface area contributed by atoms with E-state index in [0.717, 1.165) is 30.8 Å². The summed E-state index contributed by atoms with van der Waals surface area (Å²) in [5.41, 5.74) is 2.54. The summed E-state index contributed by atoms with van der Waals surface area (Å²) in [6.07, 6.45) is 3.59. The first-order chi connectivity index (χ1) is 13.3. The highest BCUT2D eigenvalue weighted by Crippen LogP contribution is 2.26. The summed E-state index contributed by atoms with van der Waals surface area (Å²) in [4.78, 5) is 19.5. The average molecular weight is 364 g/mol. The predicted molar refractivity (Wildman–Crippen MR) is 96.5 cm³/mol. The fourth-order valence-electron chi connectivity index (χ4n) is 3.82. The fourth-order valence-corrected chi connectivity index (χ4v) is 3.82. The molecule has 1 aromatic carbocycles. The molecule has 0 aliphatic carbocycles. The number of fused-ring (bicyclic) bond motifs is 1. The fraction of sp³-hybridized carbons (Fsp3) is 0.368. The Hall–Kier alpha value is -3.00. The van der Waals surface area contributed by atoms with Gasteiger partial charge in [-0.3, -0.25) is 9.48 Å². The topological polar surface area (TPSA) is 78.1 Å². The van der Waals surface area contributed by atoms with E-state index < -0.39 is 0 Å². The summed E-state index contributed by atoms with van der Waals surface area (Å²) in [6.45, 7) is 2.30. The zero-order valence-corrected chi connectivity index (χ0v) is 14.9. The second kappa shape index (κ2) is 6.62. The number of ether oxygens (including phenoxy) is 1. The predicted octanol–water partition coefficient (Wildman–Crippen LogP) is 1.62. The van der Waals surface area contributed by atoms with E-state index in [1.807, 2.05) is 46.0 Å². The van der Waals surface area contributed by atoms with E-state index in [0.29, 0.717) is 31.3 Å². The van der Waals surface area contributed by atoms with Gasteiger partial charge in [-0.25, -0.2) is 9.67 Å². The quantitative estimate of drug-likeness (QED) is 0.706. The summed E-state index contributed by atoms with van der Waals surface area (Å²) in [5, 5.41) is 8.87. The van der Waals surface area contributed by atoms with Crippen molar-refractivity contribution in [2.24, 2.45) is 0 Å². The third-order valence-electron chi connectivity index (χ3n) is 5.15. The Morgan fingerprint density at radius 1 is 1.19 bits per heavy atom. The summed E-state index contributed by atoms with van der Waals surface area (Å²) in [7, 11) is 0. The van der Waals surface area contributed by atoms with Crippen LogP contribution in [-0.2, 0) is 17.7 Å². The minimum absolute atomic E-state index is 0.0761. The highest BCUT2D eigenvalue weighted by atomic mass is 16.5. The first kappa shape index (κ1) is 16.2. The van der Waals surface area contributed by atoms with Crippen LogP contribution in [0.2, 0.25) is 0 Å². The van der Waals surface area contributed by atoms with Crippen molar-refractivity contribution in [3.63, 3.8) is 0 Å². The maximum atomic E-state index is 13.2. The molecule has 0 radical (unpaired) electrons. The van der Waals surface area contributed by atoms with Crippen LogP contribution in [0.1, 0.15) is 34.5 Å². The number of carbonyl (C=O) groups is 1. The van der Waals surface area contributed by atoms with Crippen LogP contribution in [0.3, 0.4) is 0 Å². The molecule has 2 aromatic heterocycles. The third-order valence-corrected chi connectivity index (χ3v) is 5.15. The number of aromatic nitrogens is 5.